The van der Waals surface area contributed by atoms with Gasteiger partial charge in [-0.1, -0.05) is 0 Å². The van der Waals surface area contributed by atoms with E-state index < -0.39 is 5.97 Å². The lowest BCUT2D eigenvalue weighted by atomic mass is 10.3. The van der Waals surface area contributed by atoms with Gasteiger partial charge in [0.05, 0.1) is 18.4 Å². The Morgan fingerprint density at radius 2 is 2.26 bits per heavy atom. The van der Waals surface area contributed by atoms with E-state index in [1.54, 1.807) is 19.2 Å². The number of carboxylic acid groups (broad SMARTS) is 1. The predicted molar refractivity (Wildman–Crippen MR) is 72.6 cm³/mol. The van der Waals surface area contributed by atoms with Crippen molar-refractivity contribution < 1.29 is 19.1 Å². The Morgan fingerprint density at radius 1 is 1.47 bits per heavy atom. The number of nitrogens with two attached hydrogens (primary N) is 1. The minimum atomic E-state index is -0.995. The molecule has 2 rings (SSSR count). The molecule has 1 heterocycles. The van der Waals surface area contributed by atoms with Gasteiger partial charge in [-0.3, -0.25) is 0 Å². The van der Waals surface area contributed by atoms with Crippen LogP contribution in [0.2, 0.25) is 0 Å². The number of ether oxygens (including phenoxy) is 1. The maximum absolute atomic E-state index is 10.7. The Balaban J connectivity index is 2.07. The fraction of sp³-hybridized carbons (Fsp3) is 0.154. The molecule has 100 valence electrons. The number of methoxy groups -OCH3 is 1. The van der Waals surface area contributed by atoms with Gasteiger partial charge in [0, 0.05) is 16.6 Å². The van der Waals surface area contributed by atoms with E-state index in [1.807, 2.05) is 6.07 Å². The van der Waals surface area contributed by atoms with Crippen LogP contribution < -0.4 is 10.5 Å². The number of nitrogen functional groups attached to an aromatic ring is 1. The smallest absolute Gasteiger partial charge is 0.338 e. The van der Waals surface area contributed by atoms with Crippen molar-refractivity contribution in [3.8, 4) is 5.75 Å². The summed E-state index contributed by atoms with van der Waals surface area (Å²) in [7, 11) is 1.58. The van der Waals surface area contributed by atoms with Crippen LogP contribution in [0.15, 0.2) is 39.8 Å². The van der Waals surface area contributed by atoms with Gasteiger partial charge >= 0.3 is 5.97 Å². The third-order valence-corrected chi connectivity index (χ3v) is 3.54. The normalized spacial score (nSPS) is 10.4. The lowest BCUT2D eigenvalue weighted by Crippen LogP contribution is -1.92. The number of aromatic carboxylic acids is 1. The zero-order valence-electron chi connectivity index (χ0n) is 10.3. The summed E-state index contributed by atoms with van der Waals surface area (Å²) in [5.74, 6) is 0.814. The summed E-state index contributed by atoms with van der Waals surface area (Å²) >= 11 is 1.49. The molecule has 2 aromatic rings. The number of thioether (sulfide) groups is 1. The first-order valence-corrected chi connectivity index (χ1v) is 6.45. The van der Waals surface area contributed by atoms with Gasteiger partial charge < -0.3 is 20.0 Å². The second kappa shape index (κ2) is 5.71. The molecule has 0 amide bonds. The molecule has 0 bridgehead atoms. The maximum Gasteiger partial charge on any atom is 0.338 e. The molecule has 1 aromatic carbocycles. The van der Waals surface area contributed by atoms with Crippen LogP contribution in [0.4, 0.5) is 5.69 Å². The van der Waals surface area contributed by atoms with Crippen molar-refractivity contribution in [1.29, 1.82) is 0 Å². The second-order valence-corrected chi connectivity index (χ2v) is 4.82. The Hall–Kier alpha value is -2.08. The fourth-order valence-electron chi connectivity index (χ4n) is 1.52. The molecule has 3 N–H and O–H groups in total. The molecule has 0 aliphatic heterocycles. The van der Waals surface area contributed by atoms with Crippen LogP contribution in [0.5, 0.6) is 5.75 Å². The van der Waals surface area contributed by atoms with Crippen molar-refractivity contribution in [2.24, 2.45) is 0 Å². The van der Waals surface area contributed by atoms with E-state index in [1.165, 1.54) is 24.1 Å². The minimum absolute atomic E-state index is 0.153. The third kappa shape index (κ3) is 3.23. The average molecular weight is 279 g/mol. The van der Waals surface area contributed by atoms with Gasteiger partial charge in [0.15, 0.2) is 0 Å². The average Bonchev–Trinajstić information content (AvgIpc) is 2.86. The van der Waals surface area contributed by atoms with E-state index in [9.17, 15) is 4.79 Å². The molecule has 0 fully saturated rings. The number of anilines is 1. The number of furan rings is 1. The Kier molecular flexibility index (Phi) is 4.01. The molecule has 0 saturated heterocycles. The molecule has 0 aliphatic carbocycles. The molecule has 0 saturated carbocycles. The Morgan fingerprint density at radius 3 is 2.89 bits per heavy atom. The van der Waals surface area contributed by atoms with E-state index in [-0.39, 0.29) is 5.56 Å². The number of benzene rings is 1. The maximum atomic E-state index is 10.7. The predicted octanol–water partition coefficient (Wildman–Crippen LogP) is 2.86. The Labute approximate surface area is 114 Å². The summed E-state index contributed by atoms with van der Waals surface area (Å²) in [5.41, 5.74) is 6.46. The largest absolute Gasteiger partial charge is 0.496 e. The first kappa shape index (κ1) is 13.4. The van der Waals surface area contributed by atoms with Gasteiger partial charge in [-0.25, -0.2) is 4.79 Å². The van der Waals surface area contributed by atoms with Crippen molar-refractivity contribution >= 4 is 23.4 Å². The van der Waals surface area contributed by atoms with E-state index in [2.05, 4.69) is 0 Å². The zero-order valence-corrected chi connectivity index (χ0v) is 11.1. The van der Waals surface area contributed by atoms with Gasteiger partial charge in [0.2, 0.25) is 0 Å². The number of carbonyl (C=O) groups is 1. The molecular formula is C13H13NO4S. The highest BCUT2D eigenvalue weighted by Crippen LogP contribution is 2.33. The van der Waals surface area contributed by atoms with Gasteiger partial charge in [-0.2, -0.15) is 0 Å². The molecule has 0 unspecified atom stereocenters. The summed E-state index contributed by atoms with van der Waals surface area (Å²) in [6.07, 6.45) is 1.23. The van der Waals surface area contributed by atoms with Gasteiger partial charge in [-0.05, 0) is 18.2 Å². The van der Waals surface area contributed by atoms with Crippen LogP contribution in [0.3, 0.4) is 0 Å². The first-order valence-electron chi connectivity index (χ1n) is 5.47. The van der Waals surface area contributed by atoms with E-state index in [0.29, 0.717) is 22.9 Å². The van der Waals surface area contributed by atoms with E-state index in [0.717, 1.165) is 4.90 Å². The highest BCUT2D eigenvalue weighted by molar-refractivity contribution is 7.98. The molecule has 0 radical (unpaired) electrons. The summed E-state index contributed by atoms with van der Waals surface area (Å²) in [5, 5.41) is 8.80. The molecule has 19 heavy (non-hydrogen) atoms. The zero-order chi connectivity index (χ0) is 13.8. The summed E-state index contributed by atoms with van der Waals surface area (Å²) in [6, 6.07) is 6.90. The van der Waals surface area contributed by atoms with Crippen molar-refractivity contribution in [2.75, 3.05) is 12.8 Å². The second-order valence-electron chi connectivity index (χ2n) is 3.81. The Bertz CT molecular complexity index is 594. The molecular weight excluding hydrogens is 266 g/mol. The van der Waals surface area contributed by atoms with Crippen molar-refractivity contribution in [3.63, 3.8) is 0 Å². The molecule has 1 aromatic heterocycles. The summed E-state index contributed by atoms with van der Waals surface area (Å²) < 4.78 is 10.4. The van der Waals surface area contributed by atoms with E-state index in [4.69, 9.17) is 20.0 Å². The van der Waals surface area contributed by atoms with Crippen LogP contribution in [0.1, 0.15) is 16.1 Å². The molecule has 0 spiro atoms. The molecule has 6 heteroatoms. The third-order valence-electron chi connectivity index (χ3n) is 2.46. The fourth-order valence-corrected chi connectivity index (χ4v) is 2.42. The van der Waals surface area contributed by atoms with E-state index >= 15 is 0 Å². The lowest BCUT2D eigenvalue weighted by Gasteiger charge is -2.07. The number of carboxylic acids is 1. The van der Waals surface area contributed by atoms with Gasteiger partial charge in [0.1, 0.15) is 17.8 Å². The standard InChI is InChI=1S/C13H13NO4S/c1-17-11-5-9(14)2-3-12(11)19-7-10-4-8(6-18-10)13(15)16/h2-6H,7,14H2,1H3,(H,15,16). The van der Waals surface area contributed by atoms with Crippen LogP contribution in [0.25, 0.3) is 0 Å². The SMILES string of the molecule is COc1cc(N)ccc1SCc1cc(C(=O)O)co1. The summed E-state index contributed by atoms with van der Waals surface area (Å²) in [6.45, 7) is 0. The van der Waals surface area contributed by atoms with Crippen molar-refractivity contribution in [1.82, 2.24) is 0 Å². The van der Waals surface area contributed by atoms with Crippen molar-refractivity contribution in [2.45, 2.75) is 10.6 Å². The lowest BCUT2D eigenvalue weighted by molar-refractivity contribution is 0.0696. The molecule has 0 aliphatic rings. The molecule has 0 atom stereocenters. The minimum Gasteiger partial charge on any atom is -0.496 e. The highest BCUT2D eigenvalue weighted by Gasteiger charge is 2.10. The first-order chi connectivity index (χ1) is 9.10. The topological polar surface area (TPSA) is 85.7 Å². The highest BCUT2D eigenvalue weighted by atomic mass is 32.2. The summed E-state index contributed by atoms with van der Waals surface area (Å²) in [4.78, 5) is 11.6. The van der Waals surface area contributed by atoms with Crippen LogP contribution in [-0.2, 0) is 5.75 Å². The van der Waals surface area contributed by atoms with Crippen LogP contribution in [0, 0.1) is 0 Å². The quantitative estimate of drug-likeness (QED) is 0.646. The van der Waals surface area contributed by atoms with Crippen LogP contribution in [-0.4, -0.2) is 18.2 Å². The van der Waals surface area contributed by atoms with Gasteiger partial charge in [0.25, 0.3) is 0 Å². The van der Waals surface area contributed by atoms with Crippen LogP contribution >= 0.6 is 11.8 Å². The monoisotopic (exact) mass is 279 g/mol. The number of hydrogen-bond acceptors (Lipinski definition) is 5. The number of hydrogen-bond donors (Lipinski definition) is 2. The number of rotatable bonds is 5. The van der Waals surface area contributed by atoms with Crippen molar-refractivity contribution in [3.05, 3.63) is 41.9 Å². The molecule has 5 nitrogen and oxygen atoms in total. The van der Waals surface area contributed by atoms with Gasteiger partial charge in [-0.15, -0.1) is 11.8 Å².